The molecule has 0 bridgehead atoms. The molecular formula is C11H11BO3. The van der Waals surface area contributed by atoms with Crippen molar-refractivity contribution in [1.29, 1.82) is 0 Å². The van der Waals surface area contributed by atoms with Crippen LogP contribution in [0.25, 0.3) is 11.3 Å². The summed E-state index contributed by atoms with van der Waals surface area (Å²) in [5, 5.41) is 18.3. The smallest absolute Gasteiger partial charge is 0.464 e. The van der Waals surface area contributed by atoms with Crippen molar-refractivity contribution in [2.24, 2.45) is 0 Å². The Morgan fingerprint density at radius 2 is 2.00 bits per heavy atom. The lowest BCUT2D eigenvalue weighted by Gasteiger charge is -2.06. The van der Waals surface area contributed by atoms with Crippen molar-refractivity contribution in [3.05, 3.63) is 42.2 Å². The predicted molar refractivity (Wildman–Crippen MR) is 58.7 cm³/mol. The lowest BCUT2D eigenvalue weighted by molar-refractivity contribution is 0.425. The summed E-state index contributed by atoms with van der Waals surface area (Å²) in [6, 6.07) is 9.08. The maximum atomic E-state index is 9.15. The summed E-state index contributed by atoms with van der Waals surface area (Å²) in [6.07, 6.45) is 1.59. The Hall–Kier alpha value is -1.52. The molecule has 76 valence electrons. The molecule has 1 aromatic carbocycles. The van der Waals surface area contributed by atoms with Crippen LogP contribution in [-0.2, 0) is 0 Å². The first-order chi connectivity index (χ1) is 7.18. The van der Waals surface area contributed by atoms with E-state index in [2.05, 4.69) is 0 Å². The van der Waals surface area contributed by atoms with E-state index in [0.717, 1.165) is 16.9 Å². The third kappa shape index (κ3) is 1.96. The SMILES string of the molecule is Cc1ccc(-c2ccco2)cc1B(O)O. The van der Waals surface area contributed by atoms with Gasteiger partial charge in [-0.05, 0) is 24.5 Å². The molecule has 0 aliphatic carbocycles. The van der Waals surface area contributed by atoms with Crippen LogP contribution in [0.3, 0.4) is 0 Å². The van der Waals surface area contributed by atoms with Crippen molar-refractivity contribution in [2.75, 3.05) is 0 Å². The molecule has 3 nitrogen and oxygen atoms in total. The van der Waals surface area contributed by atoms with E-state index in [-0.39, 0.29) is 0 Å². The number of hydrogen-bond acceptors (Lipinski definition) is 3. The van der Waals surface area contributed by atoms with Crippen molar-refractivity contribution in [1.82, 2.24) is 0 Å². The summed E-state index contributed by atoms with van der Waals surface area (Å²) < 4.78 is 5.23. The summed E-state index contributed by atoms with van der Waals surface area (Å²) in [4.78, 5) is 0. The molecule has 15 heavy (non-hydrogen) atoms. The average molecular weight is 202 g/mol. The van der Waals surface area contributed by atoms with Crippen molar-refractivity contribution in [2.45, 2.75) is 6.92 Å². The van der Waals surface area contributed by atoms with Crippen LogP contribution >= 0.6 is 0 Å². The molecule has 0 saturated carbocycles. The molecule has 0 fully saturated rings. The van der Waals surface area contributed by atoms with E-state index in [1.165, 1.54) is 0 Å². The molecule has 0 aliphatic heterocycles. The van der Waals surface area contributed by atoms with Crippen LogP contribution in [0.1, 0.15) is 5.56 Å². The summed E-state index contributed by atoms with van der Waals surface area (Å²) in [6.45, 7) is 1.83. The van der Waals surface area contributed by atoms with E-state index in [1.54, 1.807) is 18.4 Å². The zero-order valence-electron chi connectivity index (χ0n) is 8.34. The maximum absolute atomic E-state index is 9.15. The van der Waals surface area contributed by atoms with Gasteiger partial charge in [0.2, 0.25) is 0 Å². The van der Waals surface area contributed by atoms with E-state index in [1.807, 2.05) is 25.1 Å². The molecule has 0 saturated heterocycles. The Morgan fingerprint density at radius 1 is 1.20 bits per heavy atom. The summed E-state index contributed by atoms with van der Waals surface area (Å²) >= 11 is 0. The third-order valence-electron chi connectivity index (χ3n) is 2.36. The molecular weight excluding hydrogens is 191 g/mol. The molecule has 0 amide bonds. The fourth-order valence-electron chi connectivity index (χ4n) is 1.51. The largest absolute Gasteiger partial charge is 0.488 e. The second-order valence-corrected chi connectivity index (χ2v) is 3.42. The van der Waals surface area contributed by atoms with E-state index < -0.39 is 7.12 Å². The molecule has 4 heteroatoms. The maximum Gasteiger partial charge on any atom is 0.488 e. The summed E-state index contributed by atoms with van der Waals surface area (Å²) in [5.74, 6) is 0.719. The van der Waals surface area contributed by atoms with Crippen LogP contribution in [0.15, 0.2) is 41.0 Å². The lowest BCUT2D eigenvalue weighted by Crippen LogP contribution is -2.32. The first-order valence-electron chi connectivity index (χ1n) is 4.69. The van der Waals surface area contributed by atoms with Gasteiger partial charge < -0.3 is 14.5 Å². The van der Waals surface area contributed by atoms with Gasteiger partial charge in [0, 0.05) is 5.56 Å². The van der Waals surface area contributed by atoms with Crippen LogP contribution in [0.4, 0.5) is 0 Å². The topological polar surface area (TPSA) is 53.6 Å². The highest BCUT2D eigenvalue weighted by atomic mass is 16.4. The number of rotatable bonds is 2. The third-order valence-corrected chi connectivity index (χ3v) is 2.36. The monoisotopic (exact) mass is 202 g/mol. The zero-order valence-corrected chi connectivity index (χ0v) is 8.34. The van der Waals surface area contributed by atoms with Gasteiger partial charge in [0.25, 0.3) is 0 Å². The standard InChI is InChI=1S/C11H11BO3/c1-8-4-5-9(7-10(8)12(13)14)11-3-2-6-15-11/h2-7,13-14H,1H3. The van der Waals surface area contributed by atoms with Crippen molar-refractivity contribution in [3.63, 3.8) is 0 Å². The fourth-order valence-corrected chi connectivity index (χ4v) is 1.51. The molecule has 2 rings (SSSR count). The van der Waals surface area contributed by atoms with Crippen molar-refractivity contribution >= 4 is 12.6 Å². The molecule has 0 spiro atoms. The van der Waals surface area contributed by atoms with Gasteiger partial charge in [-0.3, -0.25) is 0 Å². The van der Waals surface area contributed by atoms with Gasteiger partial charge in [0.15, 0.2) is 0 Å². The van der Waals surface area contributed by atoms with Crippen LogP contribution in [0.2, 0.25) is 0 Å². The highest BCUT2D eigenvalue weighted by molar-refractivity contribution is 6.59. The van der Waals surface area contributed by atoms with Crippen LogP contribution in [-0.4, -0.2) is 17.2 Å². The number of benzene rings is 1. The van der Waals surface area contributed by atoms with E-state index in [0.29, 0.717) is 5.46 Å². The Balaban J connectivity index is 2.48. The molecule has 2 aromatic rings. The second kappa shape index (κ2) is 3.92. The quantitative estimate of drug-likeness (QED) is 0.712. The molecule has 0 unspecified atom stereocenters. The van der Waals surface area contributed by atoms with Crippen molar-refractivity contribution in [3.8, 4) is 11.3 Å². The van der Waals surface area contributed by atoms with Gasteiger partial charge in [-0.15, -0.1) is 0 Å². The molecule has 1 heterocycles. The van der Waals surface area contributed by atoms with E-state index >= 15 is 0 Å². The molecule has 0 radical (unpaired) electrons. The van der Waals surface area contributed by atoms with Gasteiger partial charge in [0.1, 0.15) is 5.76 Å². The Morgan fingerprint density at radius 3 is 2.60 bits per heavy atom. The van der Waals surface area contributed by atoms with E-state index in [4.69, 9.17) is 14.5 Å². The van der Waals surface area contributed by atoms with Gasteiger partial charge >= 0.3 is 7.12 Å². The highest BCUT2D eigenvalue weighted by Crippen LogP contribution is 2.19. The van der Waals surface area contributed by atoms with Crippen LogP contribution in [0.5, 0.6) is 0 Å². The number of aryl methyl sites for hydroxylation is 1. The second-order valence-electron chi connectivity index (χ2n) is 3.42. The minimum absolute atomic E-state index is 0.504. The summed E-state index contributed by atoms with van der Waals surface area (Å²) in [7, 11) is -1.44. The lowest BCUT2D eigenvalue weighted by atomic mass is 9.76. The Bertz CT molecular complexity index is 449. The van der Waals surface area contributed by atoms with Crippen LogP contribution in [0, 0.1) is 6.92 Å². The average Bonchev–Trinajstić information content (AvgIpc) is 2.71. The first-order valence-corrected chi connectivity index (χ1v) is 4.69. The number of hydrogen-bond donors (Lipinski definition) is 2. The number of furan rings is 1. The Kier molecular flexibility index (Phi) is 2.62. The minimum atomic E-state index is -1.44. The first kappa shape index (κ1) is 10.0. The summed E-state index contributed by atoms with van der Waals surface area (Å²) in [5.41, 5.74) is 2.19. The minimum Gasteiger partial charge on any atom is -0.464 e. The van der Waals surface area contributed by atoms with Gasteiger partial charge in [-0.25, -0.2) is 0 Å². The predicted octanol–water partition coefficient (Wildman–Crippen LogP) is 0.935. The fraction of sp³-hybridized carbons (Fsp3) is 0.0909. The Labute approximate surface area is 88.1 Å². The molecule has 0 atom stereocenters. The van der Waals surface area contributed by atoms with E-state index in [9.17, 15) is 0 Å². The van der Waals surface area contributed by atoms with Crippen LogP contribution < -0.4 is 5.46 Å². The van der Waals surface area contributed by atoms with Gasteiger partial charge in [-0.2, -0.15) is 0 Å². The van der Waals surface area contributed by atoms with Gasteiger partial charge in [-0.1, -0.05) is 23.8 Å². The van der Waals surface area contributed by atoms with Crippen molar-refractivity contribution < 1.29 is 14.5 Å². The highest BCUT2D eigenvalue weighted by Gasteiger charge is 2.15. The molecule has 0 aliphatic rings. The normalized spacial score (nSPS) is 10.3. The zero-order chi connectivity index (χ0) is 10.8. The molecule has 1 aromatic heterocycles. The van der Waals surface area contributed by atoms with Gasteiger partial charge in [0.05, 0.1) is 6.26 Å². The molecule has 2 N–H and O–H groups in total.